The average Bonchev–Trinajstić information content (AvgIpc) is 0.997. The third-order valence-corrected chi connectivity index (χ3v) is 15.9. The number of ether oxygens (including phenoxy) is 5. The number of rotatable bonds is 24. The minimum absolute atomic E-state index is 0.0260. The van der Waals surface area contributed by atoms with Crippen LogP contribution in [0.2, 0.25) is 0 Å². The van der Waals surface area contributed by atoms with Gasteiger partial charge in [-0.1, -0.05) is 193 Å². The number of nitrogens with one attached hydrogen (secondary N) is 1. The van der Waals surface area contributed by atoms with E-state index in [0.717, 1.165) is 90.8 Å². The summed E-state index contributed by atoms with van der Waals surface area (Å²) in [5, 5.41) is 11.6. The van der Waals surface area contributed by atoms with Gasteiger partial charge in [0.2, 0.25) is 0 Å². The van der Waals surface area contributed by atoms with Crippen molar-refractivity contribution in [3.05, 3.63) is 0 Å². The Labute approximate surface area is 592 Å². The molecular weight excluding hydrogens is 1170 g/mol. The van der Waals surface area contributed by atoms with Crippen LogP contribution in [-0.4, -0.2) is 196 Å². The van der Waals surface area contributed by atoms with Crippen LogP contribution in [-0.2, 0) is 23.7 Å². The first-order valence-electron chi connectivity index (χ1n) is 38.1. The molecule has 0 aliphatic carbocycles. The van der Waals surface area contributed by atoms with Gasteiger partial charge in [0.05, 0.1) is 38.7 Å². The Balaban J connectivity index is -0.000000234. The van der Waals surface area contributed by atoms with Crippen molar-refractivity contribution in [2.45, 2.75) is 330 Å². The van der Waals surface area contributed by atoms with Crippen molar-refractivity contribution >= 4 is 0 Å². The molecule has 3 rings (SSSR count). The molecule has 0 aromatic rings. The molecule has 11 nitrogen and oxygen atoms in total. The number of morpholine rings is 1. The number of likely N-dealkylation sites (tertiary alicyclic amines) is 1. The zero-order chi connectivity index (χ0) is 74.6. The quantitative estimate of drug-likeness (QED) is 0.0906. The van der Waals surface area contributed by atoms with Gasteiger partial charge >= 0.3 is 0 Å². The zero-order valence-electron chi connectivity index (χ0n) is 71.2. The molecule has 0 atom stereocenters. The Bertz CT molecular complexity index is 1540. The predicted molar refractivity (Wildman–Crippen MR) is 418 cm³/mol. The summed E-state index contributed by atoms with van der Waals surface area (Å²) in [6.45, 7) is 92.2. The summed E-state index contributed by atoms with van der Waals surface area (Å²) in [5.74, 6) is 0. The first-order valence-corrected chi connectivity index (χ1v) is 38.1. The first-order chi connectivity index (χ1) is 42.6. The number of methoxy groups -OCH3 is 2. The fourth-order valence-electron chi connectivity index (χ4n) is 9.51. The SMILES string of the molecule is CC(C)(C)CCCN1CCCCC1.CC(C)(C)CCCO.CC(C)(C)CCF.CC(C)(C)CCN1CCOCC1.CC(C)N1CCN(CCC(C)(C)C)CC1.CCOCCC(C)(C)C.CNCCCC(C)(C)C.COC(C)(C)CC(C)(C)C.COCCOCCC(C)(C)C. The molecule has 3 aliphatic heterocycles. The maximum absolute atomic E-state index is 11.5. The number of hydrogen-bond donors (Lipinski definition) is 2. The Morgan fingerprint density at radius 1 is 0.426 bits per heavy atom. The van der Waals surface area contributed by atoms with Crippen LogP contribution >= 0.6 is 0 Å². The molecule has 0 saturated carbocycles. The minimum Gasteiger partial charge on any atom is -0.396 e. The highest BCUT2D eigenvalue weighted by Gasteiger charge is 2.25. The van der Waals surface area contributed by atoms with Crippen LogP contribution in [0.25, 0.3) is 0 Å². The van der Waals surface area contributed by atoms with Gasteiger partial charge in [-0.05, 0) is 220 Å². The van der Waals surface area contributed by atoms with E-state index in [1.165, 1.54) is 117 Å². The number of hydrogen-bond acceptors (Lipinski definition) is 11. The van der Waals surface area contributed by atoms with Gasteiger partial charge in [0, 0.05) is 86.0 Å². The van der Waals surface area contributed by atoms with E-state index in [2.05, 4.69) is 219 Å². The highest BCUT2D eigenvalue weighted by Crippen LogP contribution is 2.29. The van der Waals surface area contributed by atoms with Gasteiger partial charge in [-0.2, -0.15) is 0 Å². The number of nitrogens with zero attached hydrogens (tertiary/aromatic N) is 4. The van der Waals surface area contributed by atoms with Crippen molar-refractivity contribution in [3.63, 3.8) is 0 Å². The maximum Gasteiger partial charge on any atom is 0.0899 e. The zero-order valence-corrected chi connectivity index (χ0v) is 71.2. The smallest absolute Gasteiger partial charge is 0.0899 e. The molecule has 94 heavy (non-hydrogen) atoms. The summed E-state index contributed by atoms with van der Waals surface area (Å²) >= 11 is 0. The molecule has 0 aromatic heterocycles. The lowest BCUT2D eigenvalue weighted by Gasteiger charge is -2.37. The van der Waals surface area contributed by atoms with E-state index in [1.54, 1.807) is 14.2 Å². The van der Waals surface area contributed by atoms with E-state index in [9.17, 15) is 4.39 Å². The summed E-state index contributed by atoms with van der Waals surface area (Å²) in [4.78, 5) is 10.3. The van der Waals surface area contributed by atoms with Gasteiger partial charge < -0.3 is 43.9 Å². The molecule has 0 aromatic carbocycles. The molecule has 0 radical (unpaired) electrons. The second-order valence-corrected chi connectivity index (χ2v) is 38.9. The number of halogens is 1. The fraction of sp³-hybridized carbons (Fsp3) is 1.00. The summed E-state index contributed by atoms with van der Waals surface area (Å²) in [7, 11) is 5.46. The average molecular weight is 1350 g/mol. The molecule has 0 unspecified atom stereocenters. The molecule has 0 spiro atoms. The minimum atomic E-state index is -0.191. The predicted octanol–water partition coefficient (Wildman–Crippen LogP) is 21.1. The van der Waals surface area contributed by atoms with Crippen molar-refractivity contribution in [1.82, 2.24) is 24.9 Å². The van der Waals surface area contributed by atoms with E-state index in [0.29, 0.717) is 69.6 Å². The number of piperidine rings is 1. The highest BCUT2D eigenvalue weighted by molar-refractivity contribution is 4.78. The van der Waals surface area contributed by atoms with E-state index in [-0.39, 0.29) is 17.7 Å². The van der Waals surface area contributed by atoms with Crippen LogP contribution in [0.4, 0.5) is 4.39 Å². The Kier molecular flexibility index (Phi) is 63.4. The summed E-state index contributed by atoms with van der Waals surface area (Å²) in [6.07, 6.45) is 18.3. The number of alkyl halides is 1. The van der Waals surface area contributed by atoms with Gasteiger partial charge in [-0.15, -0.1) is 0 Å². The lowest BCUT2D eigenvalue weighted by Crippen LogP contribution is -2.49. The highest BCUT2D eigenvalue weighted by atomic mass is 19.1. The van der Waals surface area contributed by atoms with Crippen LogP contribution in [0.3, 0.4) is 0 Å². The number of aliphatic hydroxyl groups excluding tert-OH is 1. The van der Waals surface area contributed by atoms with Gasteiger partial charge in [-0.3, -0.25) is 14.2 Å². The third kappa shape index (κ3) is 100. The van der Waals surface area contributed by atoms with Gasteiger partial charge in [0.1, 0.15) is 0 Å². The molecule has 576 valence electrons. The second-order valence-electron chi connectivity index (χ2n) is 38.9. The van der Waals surface area contributed by atoms with Gasteiger partial charge in [-0.25, -0.2) is 0 Å². The van der Waals surface area contributed by atoms with Crippen LogP contribution in [0, 0.1) is 48.7 Å². The standard InChI is InChI=1S/C13H28N2.C12H25N.C10H21NO.C9H20O2.C9H20O.C8H19N.C8H18O.C7H16O.C6H13F/c1-12(2)15-10-8-14(9-11-15)7-6-13(3,4)5;1-12(2,3)8-7-11-13-9-5-4-6-10-13;1-10(2,3)4-5-11-6-8-12-9-7-11;1-9(2,3)5-6-11-8-7-10-4;1-8(2,3)7-9(4,5)10-6;1-8(2,3)6-5-7-9-4;1-5-9-7-6-8(2,3)4;1-7(2,3)5-4-6-8;1-6(2,3)4-5-7/h12H,6-11H2,1-5H3;4-11H2,1-3H3;4-9H2,1-3H3;5-8H2,1-4H3;7H2,1-6H3;9H,5-7H2,1-4H3;5-7H2,1-4H3;8H,4-6H2,1-3H3;4-5H2,1-3H3. The van der Waals surface area contributed by atoms with Crippen LogP contribution in [0.15, 0.2) is 0 Å². The van der Waals surface area contributed by atoms with E-state index in [4.69, 9.17) is 28.8 Å². The summed E-state index contributed by atoms with van der Waals surface area (Å²) in [5.41, 5.74) is 3.75. The lowest BCUT2D eigenvalue weighted by atomic mass is 9.84. The van der Waals surface area contributed by atoms with Crippen LogP contribution in [0.1, 0.15) is 318 Å². The van der Waals surface area contributed by atoms with Crippen molar-refractivity contribution in [1.29, 1.82) is 0 Å². The fourth-order valence-corrected chi connectivity index (χ4v) is 9.51. The summed E-state index contributed by atoms with van der Waals surface area (Å²) in [6, 6.07) is 0.717. The Morgan fingerprint density at radius 3 is 1.12 bits per heavy atom. The van der Waals surface area contributed by atoms with Crippen molar-refractivity contribution in [3.8, 4) is 0 Å². The largest absolute Gasteiger partial charge is 0.396 e. The van der Waals surface area contributed by atoms with Crippen molar-refractivity contribution in [2.75, 3.05) is 159 Å². The molecular formula is C82H180FN5O6. The van der Waals surface area contributed by atoms with Crippen molar-refractivity contribution < 1.29 is 33.2 Å². The first kappa shape index (κ1) is 104. The Hall–Kier alpha value is -0.510. The van der Waals surface area contributed by atoms with Crippen LogP contribution < -0.4 is 5.32 Å². The molecule has 0 bridgehead atoms. The Morgan fingerprint density at radius 2 is 0.809 bits per heavy atom. The molecule has 3 heterocycles. The normalized spacial score (nSPS) is 16.0. The topological polar surface area (TPSA) is 91.4 Å². The number of aliphatic hydroxyl groups is 1. The van der Waals surface area contributed by atoms with E-state index < -0.39 is 0 Å². The molecule has 12 heteroatoms. The van der Waals surface area contributed by atoms with Crippen molar-refractivity contribution in [2.24, 2.45) is 48.7 Å². The van der Waals surface area contributed by atoms with E-state index >= 15 is 0 Å². The molecule has 3 fully saturated rings. The van der Waals surface area contributed by atoms with Crippen LogP contribution in [0.5, 0.6) is 0 Å². The molecule has 3 saturated heterocycles. The molecule has 2 N–H and O–H groups in total. The lowest BCUT2D eigenvalue weighted by molar-refractivity contribution is -0.00936. The molecule has 0 amide bonds. The number of piperazine rings is 1. The van der Waals surface area contributed by atoms with E-state index in [1.807, 2.05) is 34.7 Å². The van der Waals surface area contributed by atoms with Gasteiger partial charge in [0.25, 0.3) is 0 Å². The monoisotopic (exact) mass is 1350 g/mol. The third-order valence-electron chi connectivity index (χ3n) is 15.9. The van der Waals surface area contributed by atoms with Gasteiger partial charge in [0.15, 0.2) is 0 Å². The maximum atomic E-state index is 11.5. The molecule has 3 aliphatic rings. The summed E-state index contributed by atoms with van der Waals surface area (Å²) < 4.78 is 37.5. The second kappa shape index (κ2) is 57.1.